The average molecular weight is 201 g/mol. The number of fused-ring (bicyclic) bond motifs is 1. The van der Waals surface area contributed by atoms with E-state index in [1.165, 1.54) is 12.8 Å². The van der Waals surface area contributed by atoms with Crippen LogP contribution in [-0.2, 0) is 10.0 Å². The van der Waals surface area contributed by atoms with Gasteiger partial charge in [0, 0.05) is 12.1 Å². The Morgan fingerprint density at radius 3 is 1.92 bits per heavy atom. The predicted octanol–water partition coefficient (Wildman–Crippen LogP) is 1.11. The third kappa shape index (κ3) is 1.15. The number of nitrogens with zero attached hydrogens (tertiary/aromatic N) is 1. The second-order valence-electron chi connectivity index (χ2n) is 4.49. The normalized spacial score (nSPS) is 44.2. The molecule has 1 saturated heterocycles. The molecule has 0 aromatic heterocycles. The molecular formula is C9H15NO2S. The first-order chi connectivity index (χ1) is 6.21. The van der Waals surface area contributed by atoms with Crippen LogP contribution in [0.5, 0.6) is 0 Å². The summed E-state index contributed by atoms with van der Waals surface area (Å²) in [6, 6.07) is 0.804. The minimum Gasteiger partial charge on any atom is -0.212 e. The molecule has 1 heterocycles. The van der Waals surface area contributed by atoms with Crippen LogP contribution in [0, 0.1) is 0 Å². The van der Waals surface area contributed by atoms with Crippen LogP contribution >= 0.6 is 0 Å². The molecule has 0 radical (unpaired) electrons. The molecule has 0 bridgehead atoms. The predicted molar refractivity (Wildman–Crippen MR) is 49.8 cm³/mol. The van der Waals surface area contributed by atoms with Gasteiger partial charge in [-0.15, -0.1) is 0 Å². The molecule has 0 N–H and O–H groups in total. The Bertz CT molecular complexity index is 309. The van der Waals surface area contributed by atoms with E-state index in [9.17, 15) is 8.42 Å². The summed E-state index contributed by atoms with van der Waals surface area (Å²) >= 11 is 0. The fourth-order valence-corrected chi connectivity index (χ4v) is 4.84. The van der Waals surface area contributed by atoms with Crippen LogP contribution in [0.3, 0.4) is 0 Å². The fraction of sp³-hybridized carbons (Fsp3) is 1.00. The highest BCUT2D eigenvalue weighted by Gasteiger charge is 2.58. The molecule has 0 spiro atoms. The first kappa shape index (κ1) is 8.24. The Balaban J connectivity index is 1.80. The van der Waals surface area contributed by atoms with Crippen molar-refractivity contribution in [1.29, 1.82) is 0 Å². The maximum Gasteiger partial charge on any atom is 0.217 e. The van der Waals surface area contributed by atoms with Crippen LogP contribution in [0.25, 0.3) is 0 Å². The molecule has 13 heavy (non-hydrogen) atoms. The Morgan fingerprint density at radius 1 is 0.923 bits per heavy atom. The summed E-state index contributed by atoms with van der Waals surface area (Å²) in [7, 11) is -2.84. The molecule has 2 saturated carbocycles. The SMILES string of the molecule is O=S(=O)(C1CC1)N1[C@@H]2CCCC[C@@H]21. The highest BCUT2D eigenvalue weighted by Crippen LogP contribution is 2.47. The summed E-state index contributed by atoms with van der Waals surface area (Å²) in [6.45, 7) is 0. The molecule has 74 valence electrons. The summed E-state index contributed by atoms with van der Waals surface area (Å²) in [6.07, 6.45) is 6.46. The largest absolute Gasteiger partial charge is 0.217 e. The molecule has 1 unspecified atom stereocenters. The van der Waals surface area contributed by atoms with Crippen LogP contribution in [0.2, 0.25) is 0 Å². The van der Waals surface area contributed by atoms with Gasteiger partial charge in [0.05, 0.1) is 5.25 Å². The van der Waals surface area contributed by atoms with Crippen LogP contribution in [-0.4, -0.2) is 30.1 Å². The van der Waals surface area contributed by atoms with Crippen LogP contribution in [0.4, 0.5) is 0 Å². The molecule has 4 heteroatoms. The quantitative estimate of drug-likeness (QED) is 0.627. The van der Waals surface area contributed by atoms with Gasteiger partial charge >= 0.3 is 0 Å². The first-order valence-corrected chi connectivity index (χ1v) is 6.74. The zero-order valence-electron chi connectivity index (χ0n) is 7.65. The zero-order valence-corrected chi connectivity index (χ0v) is 8.46. The van der Waals surface area contributed by atoms with E-state index in [-0.39, 0.29) is 5.25 Å². The Kier molecular flexibility index (Phi) is 1.57. The summed E-state index contributed by atoms with van der Waals surface area (Å²) < 4.78 is 25.5. The van der Waals surface area contributed by atoms with Gasteiger partial charge in [-0.1, -0.05) is 12.8 Å². The van der Waals surface area contributed by atoms with Gasteiger partial charge in [-0.3, -0.25) is 0 Å². The number of hydrogen-bond acceptors (Lipinski definition) is 2. The molecule has 3 atom stereocenters. The van der Waals surface area contributed by atoms with Crippen LogP contribution in [0.15, 0.2) is 0 Å². The molecule has 1 aliphatic heterocycles. The lowest BCUT2D eigenvalue weighted by molar-refractivity contribution is 0.543. The van der Waals surface area contributed by atoms with E-state index >= 15 is 0 Å². The van der Waals surface area contributed by atoms with Crippen molar-refractivity contribution in [3.63, 3.8) is 0 Å². The van der Waals surface area contributed by atoms with Crippen molar-refractivity contribution in [2.75, 3.05) is 0 Å². The maximum absolute atomic E-state index is 11.8. The van der Waals surface area contributed by atoms with E-state index in [2.05, 4.69) is 0 Å². The molecule has 3 fully saturated rings. The van der Waals surface area contributed by atoms with Gasteiger partial charge in [0.1, 0.15) is 0 Å². The number of rotatable bonds is 2. The Labute approximate surface area is 79.2 Å². The summed E-state index contributed by atoms with van der Waals surface area (Å²) in [5.41, 5.74) is 0. The second kappa shape index (κ2) is 2.48. The van der Waals surface area contributed by atoms with Crippen molar-refractivity contribution < 1.29 is 8.42 Å². The highest BCUT2D eigenvalue weighted by atomic mass is 32.2. The summed E-state index contributed by atoms with van der Waals surface area (Å²) in [5, 5.41) is -0.00176. The van der Waals surface area contributed by atoms with Crippen molar-refractivity contribution >= 4 is 10.0 Å². The van der Waals surface area contributed by atoms with Gasteiger partial charge in [0.2, 0.25) is 10.0 Å². The molecule has 0 amide bonds. The minimum absolute atomic E-state index is 0.00176. The van der Waals surface area contributed by atoms with E-state index in [0.29, 0.717) is 12.1 Å². The topological polar surface area (TPSA) is 37.1 Å². The third-order valence-corrected chi connectivity index (χ3v) is 5.94. The van der Waals surface area contributed by atoms with Gasteiger partial charge in [-0.2, -0.15) is 4.31 Å². The van der Waals surface area contributed by atoms with Crippen molar-refractivity contribution in [3.8, 4) is 0 Å². The van der Waals surface area contributed by atoms with Gasteiger partial charge in [-0.05, 0) is 25.7 Å². The molecular weight excluding hydrogens is 186 g/mol. The molecule has 3 nitrogen and oxygen atoms in total. The lowest BCUT2D eigenvalue weighted by Gasteiger charge is -2.02. The molecule has 3 aliphatic rings. The standard InChI is InChI=1S/C9H15NO2S/c11-13(12,7-5-6-7)10-8-3-1-2-4-9(8)10/h7-9H,1-6H2/t8-,9+,10?. The third-order valence-electron chi connectivity index (χ3n) is 3.50. The number of hydrogen-bond donors (Lipinski definition) is 0. The molecule has 0 aromatic rings. The second-order valence-corrected chi connectivity index (χ2v) is 6.61. The maximum atomic E-state index is 11.8. The molecule has 2 aliphatic carbocycles. The van der Waals surface area contributed by atoms with Crippen molar-refractivity contribution in [3.05, 3.63) is 0 Å². The van der Waals surface area contributed by atoms with E-state index < -0.39 is 10.0 Å². The average Bonchev–Trinajstić information content (AvgIpc) is 2.99. The lowest BCUT2D eigenvalue weighted by Crippen LogP contribution is -2.19. The Morgan fingerprint density at radius 2 is 1.46 bits per heavy atom. The van der Waals surface area contributed by atoms with Gasteiger partial charge < -0.3 is 0 Å². The molecule has 0 aromatic carbocycles. The van der Waals surface area contributed by atoms with E-state index in [4.69, 9.17) is 0 Å². The van der Waals surface area contributed by atoms with Crippen molar-refractivity contribution in [2.45, 2.75) is 55.9 Å². The van der Waals surface area contributed by atoms with E-state index in [0.717, 1.165) is 25.7 Å². The zero-order chi connectivity index (χ0) is 9.05. The fourth-order valence-electron chi connectivity index (χ4n) is 2.57. The van der Waals surface area contributed by atoms with Crippen molar-refractivity contribution in [1.82, 2.24) is 4.31 Å². The lowest BCUT2D eigenvalue weighted by atomic mass is 10.0. The highest BCUT2D eigenvalue weighted by molar-refractivity contribution is 7.90. The number of sulfonamides is 1. The van der Waals surface area contributed by atoms with Crippen LogP contribution in [0.1, 0.15) is 38.5 Å². The Hall–Kier alpha value is -0.0900. The van der Waals surface area contributed by atoms with Crippen LogP contribution < -0.4 is 0 Å². The van der Waals surface area contributed by atoms with Gasteiger partial charge in [-0.25, -0.2) is 8.42 Å². The minimum atomic E-state index is -2.84. The summed E-state index contributed by atoms with van der Waals surface area (Å²) in [4.78, 5) is 0. The van der Waals surface area contributed by atoms with Gasteiger partial charge in [0.15, 0.2) is 0 Å². The van der Waals surface area contributed by atoms with E-state index in [1.807, 2.05) is 0 Å². The summed E-state index contributed by atoms with van der Waals surface area (Å²) in [5.74, 6) is 0. The van der Waals surface area contributed by atoms with Crippen molar-refractivity contribution in [2.24, 2.45) is 0 Å². The monoisotopic (exact) mass is 201 g/mol. The smallest absolute Gasteiger partial charge is 0.212 e. The van der Waals surface area contributed by atoms with Gasteiger partial charge in [0.25, 0.3) is 0 Å². The molecule has 3 rings (SSSR count). The van der Waals surface area contributed by atoms with E-state index in [1.54, 1.807) is 4.31 Å². The first-order valence-electron chi connectivity index (χ1n) is 5.23.